The fourth-order valence-corrected chi connectivity index (χ4v) is 4.92. The van der Waals surface area contributed by atoms with E-state index in [1.165, 1.54) is 0 Å². The van der Waals surface area contributed by atoms with Crippen LogP contribution in [-0.4, -0.2) is 73.5 Å². The molecular formula is C28H33N9O3. The molecule has 1 amide bonds. The Morgan fingerprint density at radius 1 is 1.18 bits per heavy atom. The fraction of sp³-hybridized carbons (Fsp3) is 0.429. The fourth-order valence-electron chi connectivity index (χ4n) is 4.92. The summed E-state index contributed by atoms with van der Waals surface area (Å²) in [6.45, 7) is 10.7. The quantitative estimate of drug-likeness (QED) is 0.331. The van der Waals surface area contributed by atoms with Crippen LogP contribution in [0.5, 0.6) is 0 Å². The lowest BCUT2D eigenvalue weighted by molar-refractivity contribution is -0.0658. The maximum absolute atomic E-state index is 13.2. The number of fused-ring (bicyclic) bond motifs is 1. The summed E-state index contributed by atoms with van der Waals surface area (Å²) in [6, 6.07) is 8.27. The average molecular weight is 544 g/mol. The molecule has 40 heavy (non-hydrogen) atoms. The summed E-state index contributed by atoms with van der Waals surface area (Å²) in [7, 11) is 0. The third-order valence-corrected chi connectivity index (χ3v) is 7.34. The molecule has 5 heterocycles. The second-order valence-electron chi connectivity index (χ2n) is 11.3. The number of benzene rings is 1. The van der Waals surface area contributed by atoms with Crippen molar-refractivity contribution < 1.29 is 13.9 Å². The number of nitrogens with zero attached hydrogens (tertiary/aromatic N) is 6. The van der Waals surface area contributed by atoms with E-state index in [4.69, 9.17) is 14.1 Å². The molecule has 1 saturated heterocycles. The van der Waals surface area contributed by atoms with Crippen LogP contribution in [0.4, 0.5) is 11.6 Å². The van der Waals surface area contributed by atoms with Gasteiger partial charge in [-0.3, -0.25) is 14.8 Å². The Kier molecular flexibility index (Phi) is 6.80. The number of carbonyl (C=O) groups is 1. The molecule has 3 aromatic heterocycles. The monoisotopic (exact) mass is 543 g/mol. The van der Waals surface area contributed by atoms with Crippen molar-refractivity contribution in [3.05, 3.63) is 65.3 Å². The molecule has 208 valence electrons. The van der Waals surface area contributed by atoms with Crippen LogP contribution in [0.3, 0.4) is 0 Å². The average Bonchev–Trinajstić information content (AvgIpc) is 3.52. The second-order valence-corrected chi connectivity index (χ2v) is 11.3. The highest BCUT2D eigenvalue weighted by molar-refractivity contribution is 5.89. The molecule has 0 radical (unpaired) electrons. The van der Waals surface area contributed by atoms with Gasteiger partial charge in [-0.15, -0.1) is 10.2 Å². The van der Waals surface area contributed by atoms with E-state index in [1.807, 2.05) is 39.8 Å². The molecule has 0 bridgehead atoms. The van der Waals surface area contributed by atoms with Crippen LogP contribution in [0.15, 0.2) is 41.1 Å². The summed E-state index contributed by atoms with van der Waals surface area (Å²) in [5.41, 5.74) is 5.33. The van der Waals surface area contributed by atoms with Gasteiger partial charge in [0.25, 0.3) is 0 Å². The van der Waals surface area contributed by atoms with Crippen molar-refractivity contribution >= 4 is 17.5 Å². The van der Waals surface area contributed by atoms with Crippen molar-refractivity contribution in [2.24, 2.45) is 0 Å². The van der Waals surface area contributed by atoms with Crippen LogP contribution in [0.1, 0.15) is 60.2 Å². The predicted octanol–water partition coefficient (Wildman–Crippen LogP) is 3.33. The third-order valence-electron chi connectivity index (χ3n) is 7.34. The number of hydrogen-bond donors (Lipinski definition) is 3. The zero-order chi connectivity index (χ0) is 27.9. The number of aromatic nitrogens is 6. The van der Waals surface area contributed by atoms with Gasteiger partial charge in [0, 0.05) is 36.5 Å². The number of amides is 1. The van der Waals surface area contributed by atoms with E-state index in [-0.39, 0.29) is 23.3 Å². The van der Waals surface area contributed by atoms with E-state index < -0.39 is 0 Å². The Bertz CT molecular complexity index is 1520. The van der Waals surface area contributed by atoms with Gasteiger partial charge in [0.05, 0.1) is 42.4 Å². The molecule has 0 saturated carbocycles. The van der Waals surface area contributed by atoms with Crippen molar-refractivity contribution in [2.75, 3.05) is 31.6 Å². The highest BCUT2D eigenvalue weighted by atomic mass is 16.5. The Morgan fingerprint density at radius 3 is 2.73 bits per heavy atom. The molecule has 1 fully saturated rings. The summed E-state index contributed by atoms with van der Waals surface area (Å²) in [4.78, 5) is 24.7. The zero-order valence-electron chi connectivity index (χ0n) is 23.1. The lowest BCUT2D eigenvalue weighted by Crippen LogP contribution is -2.51. The summed E-state index contributed by atoms with van der Waals surface area (Å²) in [5, 5.41) is 21.5. The first-order valence-corrected chi connectivity index (χ1v) is 13.4. The van der Waals surface area contributed by atoms with Crippen LogP contribution < -0.4 is 10.6 Å². The third kappa shape index (κ3) is 5.32. The van der Waals surface area contributed by atoms with Gasteiger partial charge in [-0.25, -0.2) is 9.97 Å². The summed E-state index contributed by atoms with van der Waals surface area (Å²) in [6.07, 6.45) is 4.36. The van der Waals surface area contributed by atoms with E-state index in [2.05, 4.69) is 53.0 Å². The maximum Gasteiger partial charge on any atom is 0.309 e. The molecule has 1 aromatic carbocycles. The topological polar surface area (TPSA) is 147 Å². The number of ether oxygens (including phenoxy) is 1. The Balaban J connectivity index is 1.27. The minimum atomic E-state index is -0.379. The largest absolute Gasteiger partial charge is 0.416 e. The molecule has 0 unspecified atom stereocenters. The normalized spacial score (nSPS) is 18.1. The minimum Gasteiger partial charge on any atom is -0.416 e. The molecule has 12 heteroatoms. The van der Waals surface area contributed by atoms with E-state index in [1.54, 1.807) is 12.4 Å². The number of anilines is 2. The number of nitrogens with one attached hydrogen (secondary N) is 3. The Hall–Kier alpha value is -4.16. The van der Waals surface area contributed by atoms with E-state index in [9.17, 15) is 4.79 Å². The van der Waals surface area contributed by atoms with Gasteiger partial charge in [-0.05, 0) is 36.6 Å². The second kappa shape index (κ2) is 10.4. The van der Waals surface area contributed by atoms with Crippen LogP contribution in [0, 0.1) is 6.92 Å². The van der Waals surface area contributed by atoms with Gasteiger partial charge in [-0.2, -0.15) is 5.10 Å². The molecule has 6 rings (SSSR count). The van der Waals surface area contributed by atoms with Crippen LogP contribution in [0.2, 0.25) is 0 Å². The van der Waals surface area contributed by atoms with Gasteiger partial charge in [0.2, 0.25) is 11.8 Å². The summed E-state index contributed by atoms with van der Waals surface area (Å²) >= 11 is 0. The molecule has 2 aliphatic rings. The standard InChI is InChI=1S/C28H33N9O3/c1-16-22(12-30-34-16)33-27-29-9-7-21(32-27)18-5-6-20-17(11-18)8-10-37(19-14-39-15-19)13-23(20)31-24(38)25-35-36-26(40-25)28(2,3)4/h5-7,9,11-12,19,23H,8,10,13-15H2,1-4H3,(H,30,34)(H,31,38)(H,29,32,33)/t23-/m0/s1. The number of H-pyrrole nitrogens is 1. The summed E-state index contributed by atoms with van der Waals surface area (Å²) < 4.78 is 11.2. The van der Waals surface area contributed by atoms with Gasteiger partial charge >= 0.3 is 11.8 Å². The van der Waals surface area contributed by atoms with Crippen LogP contribution in [0.25, 0.3) is 11.3 Å². The lowest BCUT2D eigenvalue weighted by atomic mass is 9.96. The number of aromatic amines is 1. The first-order valence-electron chi connectivity index (χ1n) is 13.4. The molecule has 2 aliphatic heterocycles. The lowest BCUT2D eigenvalue weighted by Gasteiger charge is -2.38. The van der Waals surface area contributed by atoms with Crippen molar-refractivity contribution in [1.29, 1.82) is 0 Å². The summed E-state index contributed by atoms with van der Waals surface area (Å²) in [5.74, 6) is 0.515. The molecule has 0 spiro atoms. The van der Waals surface area contributed by atoms with E-state index in [0.717, 1.165) is 46.7 Å². The predicted molar refractivity (Wildman–Crippen MR) is 147 cm³/mol. The molecule has 12 nitrogen and oxygen atoms in total. The Labute approximate surface area is 232 Å². The first-order chi connectivity index (χ1) is 19.2. The van der Waals surface area contributed by atoms with Crippen LogP contribution in [-0.2, 0) is 16.6 Å². The highest BCUT2D eigenvalue weighted by Gasteiger charge is 2.33. The van der Waals surface area contributed by atoms with Crippen molar-refractivity contribution in [3.63, 3.8) is 0 Å². The van der Waals surface area contributed by atoms with Crippen molar-refractivity contribution in [3.8, 4) is 11.3 Å². The van der Waals surface area contributed by atoms with Crippen molar-refractivity contribution in [2.45, 2.75) is 51.6 Å². The number of hydrogen-bond acceptors (Lipinski definition) is 10. The minimum absolute atomic E-state index is 0.0280. The molecule has 0 aliphatic carbocycles. The maximum atomic E-state index is 13.2. The number of carbonyl (C=O) groups excluding carboxylic acids is 1. The highest BCUT2D eigenvalue weighted by Crippen LogP contribution is 2.31. The SMILES string of the molecule is Cc1n[nH]cc1Nc1nccc(-c2ccc3c(c2)CCN(C2COC2)C[C@@H]3NC(=O)c2nnc(C(C)(C)C)o2)n1. The molecular weight excluding hydrogens is 510 g/mol. The molecule has 4 aromatic rings. The van der Waals surface area contributed by atoms with Gasteiger partial charge in [0.15, 0.2) is 0 Å². The Morgan fingerprint density at radius 2 is 2.02 bits per heavy atom. The van der Waals surface area contributed by atoms with Crippen LogP contribution >= 0.6 is 0 Å². The number of rotatable bonds is 6. The van der Waals surface area contributed by atoms with E-state index in [0.29, 0.717) is 37.6 Å². The zero-order valence-corrected chi connectivity index (χ0v) is 23.1. The molecule has 3 N–H and O–H groups in total. The smallest absolute Gasteiger partial charge is 0.309 e. The molecule has 1 atom stereocenters. The van der Waals surface area contributed by atoms with E-state index >= 15 is 0 Å². The van der Waals surface area contributed by atoms with Gasteiger partial charge in [0.1, 0.15) is 0 Å². The first kappa shape index (κ1) is 26.1. The van der Waals surface area contributed by atoms with Gasteiger partial charge in [-0.1, -0.05) is 32.9 Å². The number of aryl methyl sites for hydroxylation is 1. The van der Waals surface area contributed by atoms with Crippen molar-refractivity contribution in [1.82, 2.24) is 40.6 Å². The van der Waals surface area contributed by atoms with Gasteiger partial charge < -0.3 is 19.8 Å².